The number of nitrogens with zero attached hydrogens (tertiary/aromatic N) is 1. The highest BCUT2D eigenvalue weighted by molar-refractivity contribution is 5.85. The van der Waals surface area contributed by atoms with Crippen molar-refractivity contribution < 1.29 is 5.11 Å². The zero-order valence-corrected chi connectivity index (χ0v) is 11.6. The predicted octanol–water partition coefficient (Wildman–Crippen LogP) is 1.53. The lowest BCUT2D eigenvalue weighted by atomic mass is 10.0. The molecule has 1 aromatic heterocycles. The van der Waals surface area contributed by atoms with Gasteiger partial charge in [0.25, 0.3) is 0 Å². The average Bonchev–Trinajstić information content (AvgIpc) is 2.88. The lowest BCUT2D eigenvalue weighted by molar-refractivity contribution is 0.111. The summed E-state index contributed by atoms with van der Waals surface area (Å²) in [5, 5.41) is 14.2. The van der Waals surface area contributed by atoms with Gasteiger partial charge in [-0.2, -0.15) is 0 Å². The first-order valence-electron chi connectivity index (χ1n) is 6.51. The molecule has 2 aromatic rings. The van der Waals surface area contributed by atoms with Gasteiger partial charge in [-0.15, -0.1) is 12.4 Å². The third-order valence-corrected chi connectivity index (χ3v) is 3.73. The maximum atomic E-state index is 9.68. The summed E-state index contributed by atoms with van der Waals surface area (Å²) in [5.74, 6) is 0. The maximum absolute atomic E-state index is 9.68. The molecule has 1 fully saturated rings. The number of piperazine rings is 1. The van der Waals surface area contributed by atoms with Crippen molar-refractivity contribution in [3.63, 3.8) is 0 Å². The van der Waals surface area contributed by atoms with Gasteiger partial charge in [-0.05, 0) is 29.1 Å². The average molecular weight is 282 g/mol. The summed E-state index contributed by atoms with van der Waals surface area (Å²) in [6.07, 6.45) is 1.95. The molecule has 0 unspecified atom stereocenters. The van der Waals surface area contributed by atoms with E-state index in [-0.39, 0.29) is 25.1 Å². The number of hydrogen-bond donors (Lipinski definition) is 3. The van der Waals surface area contributed by atoms with Crippen LogP contribution in [0.4, 0.5) is 0 Å². The van der Waals surface area contributed by atoms with Crippen LogP contribution in [0.5, 0.6) is 0 Å². The third kappa shape index (κ3) is 2.92. The van der Waals surface area contributed by atoms with Crippen molar-refractivity contribution in [3.05, 3.63) is 36.0 Å². The van der Waals surface area contributed by atoms with Crippen LogP contribution in [0.15, 0.2) is 30.5 Å². The first-order valence-corrected chi connectivity index (χ1v) is 6.51. The van der Waals surface area contributed by atoms with E-state index in [1.807, 2.05) is 6.20 Å². The molecule has 0 spiro atoms. The Morgan fingerprint density at radius 2 is 2.00 bits per heavy atom. The molecule has 0 aliphatic carbocycles. The molecule has 0 radical (unpaired) electrons. The fourth-order valence-electron chi connectivity index (χ4n) is 2.70. The van der Waals surface area contributed by atoms with E-state index >= 15 is 0 Å². The van der Waals surface area contributed by atoms with E-state index in [2.05, 4.69) is 39.5 Å². The van der Waals surface area contributed by atoms with Crippen molar-refractivity contribution in [2.45, 2.75) is 6.04 Å². The Hall–Kier alpha value is -1.07. The SMILES string of the molecule is Cl.OC[C@H](c1ccc2[nH]ccc2c1)N1CCNCC1. The zero-order valence-electron chi connectivity index (χ0n) is 10.8. The number of benzene rings is 1. The third-order valence-electron chi connectivity index (χ3n) is 3.73. The normalized spacial score (nSPS) is 18.2. The molecule has 0 amide bonds. The molecule has 1 atom stereocenters. The second-order valence-corrected chi connectivity index (χ2v) is 4.81. The highest BCUT2D eigenvalue weighted by atomic mass is 35.5. The summed E-state index contributed by atoms with van der Waals surface area (Å²) in [6.45, 7) is 4.18. The smallest absolute Gasteiger partial charge is 0.0628 e. The van der Waals surface area contributed by atoms with Crippen molar-refractivity contribution in [2.24, 2.45) is 0 Å². The number of aromatic nitrogens is 1. The maximum Gasteiger partial charge on any atom is 0.0628 e. The summed E-state index contributed by atoms with van der Waals surface area (Å²) < 4.78 is 0. The number of fused-ring (bicyclic) bond motifs is 1. The minimum Gasteiger partial charge on any atom is -0.394 e. The van der Waals surface area contributed by atoms with Crippen LogP contribution in [0.25, 0.3) is 10.9 Å². The van der Waals surface area contributed by atoms with Crippen LogP contribution in [0.3, 0.4) is 0 Å². The number of rotatable bonds is 3. The number of halogens is 1. The van der Waals surface area contributed by atoms with Crippen molar-refractivity contribution >= 4 is 23.3 Å². The van der Waals surface area contributed by atoms with Crippen LogP contribution in [0, 0.1) is 0 Å². The standard InChI is InChI=1S/C14H19N3O.ClH/c18-10-14(17-7-5-15-6-8-17)12-1-2-13-11(9-12)3-4-16-13;/h1-4,9,14-16,18H,5-8,10H2;1H/t14-;/m1./s1. The number of aliphatic hydroxyl groups is 1. The highest BCUT2D eigenvalue weighted by Crippen LogP contribution is 2.24. The molecular formula is C14H20ClN3O. The number of H-pyrrole nitrogens is 1. The lowest BCUT2D eigenvalue weighted by Crippen LogP contribution is -2.46. The van der Waals surface area contributed by atoms with Crippen LogP contribution in [-0.2, 0) is 0 Å². The van der Waals surface area contributed by atoms with E-state index in [0.717, 1.165) is 31.7 Å². The first-order chi connectivity index (χ1) is 8.88. The van der Waals surface area contributed by atoms with Crippen LogP contribution in [0.2, 0.25) is 0 Å². The predicted molar refractivity (Wildman–Crippen MR) is 79.8 cm³/mol. The van der Waals surface area contributed by atoms with Crippen molar-refractivity contribution in [1.29, 1.82) is 0 Å². The quantitative estimate of drug-likeness (QED) is 0.800. The number of nitrogens with one attached hydrogen (secondary N) is 2. The summed E-state index contributed by atoms with van der Waals surface area (Å²) in [7, 11) is 0. The number of aliphatic hydroxyl groups excluding tert-OH is 1. The molecule has 1 aliphatic rings. The molecule has 2 heterocycles. The fourth-order valence-corrected chi connectivity index (χ4v) is 2.70. The van der Waals surface area contributed by atoms with E-state index in [9.17, 15) is 5.11 Å². The molecule has 1 aliphatic heterocycles. The van der Waals surface area contributed by atoms with E-state index in [1.165, 1.54) is 10.9 Å². The Labute approximate surface area is 119 Å². The van der Waals surface area contributed by atoms with Gasteiger partial charge in [0.15, 0.2) is 0 Å². The Morgan fingerprint density at radius 3 is 2.74 bits per heavy atom. The van der Waals surface area contributed by atoms with Gasteiger partial charge in [0, 0.05) is 37.9 Å². The zero-order chi connectivity index (χ0) is 12.4. The summed E-state index contributed by atoms with van der Waals surface area (Å²) in [6, 6.07) is 8.57. The molecule has 104 valence electrons. The Bertz CT molecular complexity index is 522. The minimum atomic E-state index is 0. The lowest BCUT2D eigenvalue weighted by Gasteiger charge is -2.34. The highest BCUT2D eigenvalue weighted by Gasteiger charge is 2.21. The monoisotopic (exact) mass is 281 g/mol. The van der Waals surface area contributed by atoms with Gasteiger partial charge in [0.05, 0.1) is 12.6 Å². The first kappa shape index (κ1) is 14.3. The van der Waals surface area contributed by atoms with Crippen LogP contribution in [0.1, 0.15) is 11.6 Å². The van der Waals surface area contributed by atoms with Gasteiger partial charge < -0.3 is 15.4 Å². The summed E-state index contributed by atoms with van der Waals surface area (Å²) in [5.41, 5.74) is 2.35. The second kappa shape index (κ2) is 6.39. The van der Waals surface area contributed by atoms with Crippen molar-refractivity contribution in [1.82, 2.24) is 15.2 Å². The van der Waals surface area contributed by atoms with Gasteiger partial charge in [-0.25, -0.2) is 0 Å². The molecule has 5 heteroatoms. The van der Waals surface area contributed by atoms with E-state index in [4.69, 9.17) is 0 Å². The van der Waals surface area contributed by atoms with E-state index in [1.54, 1.807) is 0 Å². The van der Waals surface area contributed by atoms with Crippen LogP contribution >= 0.6 is 12.4 Å². The molecule has 4 nitrogen and oxygen atoms in total. The van der Waals surface area contributed by atoms with Crippen LogP contribution in [-0.4, -0.2) is 47.8 Å². The molecule has 1 saturated heterocycles. The molecule has 3 N–H and O–H groups in total. The fraction of sp³-hybridized carbons (Fsp3) is 0.429. The van der Waals surface area contributed by atoms with Gasteiger partial charge in [-0.3, -0.25) is 4.90 Å². The van der Waals surface area contributed by atoms with Gasteiger partial charge >= 0.3 is 0 Å². The topological polar surface area (TPSA) is 51.3 Å². The molecule has 3 rings (SSSR count). The van der Waals surface area contributed by atoms with E-state index < -0.39 is 0 Å². The van der Waals surface area contributed by atoms with Gasteiger partial charge in [0.2, 0.25) is 0 Å². The molecule has 19 heavy (non-hydrogen) atoms. The van der Waals surface area contributed by atoms with E-state index in [0.29, 0.717) is 0 Å². The van der Waals surface area contributed by atoms with Gasteiger partial charge in [0.1, 0.15) is 0 Å². The molecule has 0 bridgehead atoms. The Morgan fingerprint density at radius 1 is 1.21 bits per heavy atom. The summed E-state index contributed by atoms with van der Waals surface area (Å²) in [4.78, 5) is 5.55. The van der Waals surface area contributed by atoms with Crippen molar-refractivity contribution in [2.75, 3.05) is 32.8 Å². The van der Waals surface area contributed by atoms with Gasteiger partial charge in [-0.1, -0.05) is 6.07 Å². The molecule has 0 saturated carbocycles. The Balaban J connectivity index is 0.00000133. The summed E-state index contributed by atoms with van der Waals surface area (Å²) >= 11 is 0. The minimum absolute atomic E-state index is 0. The largest absolute Gasteiger partial charge is 0.394 e. The molecular weight excluding hydrogens is 262 g/mol. The van der Waals surface area contributed by atoms with Crippen LogP contribution < -0.4 is 5.32 Å². The Kier molecular flexibility index (Phi) is 4.82. The second-order valence-electron chi connectivity index (χ2n) is 4.81. The molecule has 1 aromatic carbocycles. The van der Waals surface area contributed by atoms with Crippen molar-refractivity contribution in [3.8, 4) is 0 Å². The number of hydrogen-bond acceptors (Lipinski definition) is 3. The number of aromatic amines is 1.